The summed E-state index contributed by atoms with van der Waals surface area (Å²) < 4.78 is 5.09. The third-order valence-electron chi connectivity index (χ3n) is 2.33. The van der Waals surface area contributed by atoms with Crippen LogP contribution < -0.4 is 10.1 Å². The molecule has 0 unspecified atom stereocenters. The van der Waals surface area contributed by atoms with Crippen LogP contribution in [0, 0.1) is 6.92 Å². The Hall–Kier alpha value is -1.97. The Morgan fingerprint density at radius 3 is 2.62 bits per heavy atom. The van der Waals surface area contributed by atoms with E-state index < -0.39 is 0 Å². The van der Waals surface area contributed by atoms with Crippen molar-refractivity contribution >= 4 is 5.69 Å². The van der Waals surface area contributed by atoms with Gasteiger partial charge < -0.3 is 15.0 Å². The van der Waals surface area contributed by atoms with Gasteiger partial charge in [-0.05, 0) is 31.2 Å². The number of aromatic nitrogens is 2. The molecule has 0 saturated carbocycles. The number of rotatable bonds is 4. The molecule has 0 fully saturated rings. The minimum absolute atomic E-state index is 0.743. The Bertz CT molecular complexity index is 448. The van der Waals surface area contributed by atoms with Crippen LogP contribution in [0.2, 0.25) is 0 Å². The Balaban J connectivity index is 1.94. The van der Waals surface area contributed by atoms with Crippen LogP contribution in [0.15, 0.2) is 30.5 Å². The highest BCUT2D eigenvalue weighted by atomic mass is 16.5. The lowest BCUT2D eigenvalue weighted by Crippen LogP contribution is -1.99. The molecule has 0 bridgehead atoms. The zero-order valence-corrected chi connectivity index (χ0v) is 9.45. The maximum atomic E-state index is 5.09. The van der Waals surface area contributed by atoms with Crippen molar-refractivity contribution in [3.63, 3.8) is 0 Å². The van der Waals surface area contributed by atoms with E-state index in [0.29, 0.717) is 0 Å². The number of aryl methyl sites for hydroxylation is 1. The molecule has 2 N–H and O–H groups in total. The van der Waals surface area contributed by atoms with Crippen molar-refractivity contribution in [3.05, 3.63) is 42.0 Å². The van der Waals surface area contributed by atoms with Gasteiger partial charge in [0.2, 0.25) is 0 Å². The first-order valence-electron chi connectivity index (χ1n) is 5.16. The van der Waals surface area contributed by atoms with Gasteiger partial charge in [0.15, 0.2) is 0 Å². The third-order valence-corrected chi connectivity index (χ3v) is 2.33. The quantitative estimate of drug-likeness (QED) is 0.826. The van der Waals surface area contributed by atoms with Crippen molar-refractivity contribution in [1.82, 2.24) is 9.97 Å². The lowest BCUT2D eigenvalue weighted by molar-refractivity contribution is 0.415. The summed E-state index contributed by atoms with van der Waals surface area (Å²) in [5, 5.41) is 3.30. The molecule has 0 atom stereocenters. The SMILES string of the molecule is COc1ccc(NCc2cnc(C)[nH]2)cc1. The lowest BCUT2D eigenvalue weighted by atomic mass is 10.3. The highest BCUT2D eigenvalue weighted by Gasteiger charge is 1.97. The number of nitrogens with zero attached hydrogens (tertiary/aromatic N) is 1. The molecule has 1 aromatic carbocycles. The van der Waals surface area contributed by atoms with Crippen molar-refractivity contribution in [2.45, 2.75) is 13.5 Å². The van der Waals surface area contributed by atoms with E-state index in [2.05, 4.69) is 15.3 Å². The predicted octanol–water partition coefficient (Wildman–Crippen LogP) is 2.34. The van der Waals surface area contributed by atoms with E-state index in [1.807, 2.05) is 37.4 Å². The maximum absolute atomic E-state index is 5.09. The van der Waals surface area contributed by atoms with Crippen molar-refractivity contribution in [2.75, 3.05) is 12.4 Å². The zero-order valence-electron chi connectivity index (χ0n) is 9.45. The Morgan fingerprint density at radius 2 is 2.06 bits per heavy atom. The number of aromatic amines is 1. The van der Waals surface area contributed by atoms with Gasteiger partial charge in [0.05, 0.1) is 25.5 Å². The molecule has 4 nitrogen and oxygen atoms in total. The molecule has 0 amide bonds. The number of hydrogen-bond acceptors (Lipinski definition) is 3. The third kappa shape index (κ3) is 2.53. The molecule has 0 saturated heterocycles. The second-order valence-electron chi connectivity index (χ2n) is 3.58. The first-order chi connectivity index (χ1) is 7.78. The molecular weight excluding hydrogens is 202 g/mol. The molecule has 0 aliphatic rings. The van der Waals surface area contributed by atoms with Crippen LogP contribution in [-0.2, 0) is 6.54 Å². The second-order valence-corrected chi connectivity index (χ2v) is 3.58. The number of benzene rings is 1. The number of nitrogens with one attached hydrogen (secondary N) is 2. The van der Waals surface area contributed by atoms with E-state index in [0.717, 1.165) is 29.5 Å². The number of imidazole rings is 1. The summed E-state index contributed by atoms with van der Waals surface area (Å²) >= 11 is 0. The van der Waals surface area contributed by atoms with Crippen LogP contribution >= 0.6 is 0 Å². The van der Waals surface area contributed by atoms with Gasteiger partial charge in [0.1, 0.15) is 11.6 Å². The van der Waals surface area contributed by atoms with E-state index in [1.165, 1.54) is 0 Å². The molecule has 1 aromatic heterocycles. The fraction of sp³-hybridized carbons (Fsp3) is 0.250. The van der Waals surface area contributed by atoms with E-state index in [1.54, 1.807) is 7.11 Å². The average molecular weight is 217 g/mol. The number of H-pyrrole nitrogens is 1. The Morgan fingerprint density at radius 1 is 1.31 bits per heavy atom. The van der Waals surface area contributed by atoms with Gasteiger partial charge in [-0.3, -0.25) is 0 Å². The van der Waals surface area contributed by atoms with Crippen LogP contribution in [0.4, 0.5) is 5.69 Å². The Labute approximate surface area is 94.7 Å². The summed E-state index contributed by atoms with van der Waals surface area (Å²) in [7, 11) is 1.66. The standard InChI is InChI=1S/C12H15N3O/c1-9-13-7-11(15-9)8-14-10-3-5-12(16-2)6-4-10/h3-7,14H,8H2,1-2H3,(H,13,15). The van der Waals surface area contributed by atoms with Crippen molar-refractivity contribution in [3.8, 4) is 5.75 Å². The fourth-order valence-corrected chi connectivity index (χ4v) is 1.47. The van der Waals surface area contributed by atoms with Crippen LogP contribution in [0.1, 0.15) is 11.5 Å². The van der Waals surface area contributed by atoms with Crippen molar-refractivity contribution < 1.29 is 4.74 Å². The van der Waals surface area contributed by atoms with Crippen LogP contribution in [-0.4, -0.2) is 17.1 Å². The molecule has 84 valence electrons. The van der Waals surface area contributed by atoms with Gasteiger partial charge in [-0.1, -0.05) is 0 Å². The molecule has 16 heavy (non-hydrogen) atoms. The summed E-state index contributed by atoms with van der Waals surface area (Å²) in [6, 6.07) is 7.84. The first kappa shape index (κ1) is 10.5. The molecule has 2 rings (SSSR count). The fourth-order valence-electron chi connectivity index (χ4n) is 1.47. The number of ether oxygens (including phenoxy) is 1. The van der Waals surface area contributed by atoms with Gasteiger partial charge >= 0.3 is 0 Å². The lowest BCUT2D eigenvalue weighted by Gasteiger charge is -2.05. The maximum Gasteiger partial charge on any atom is 0.119 e. The number of anilines is 1. The van der Waals surface area contributed by atoms with E-state index in [-0.39, 0.29) is 0 Å². The molecule has 0 spiro atoms. The molecule has 0 aliphatic heterocycles. The van der Waals surface area contributed by atoms with Crippen molar-refractivity contribution in [2.24, 2.45) is 0 Å². The number of hydrogen-bond donors (Lipinski definition) is 2. The van der Waals surface area contributed by atoms with Crippen molar-refractivity contribution in [1.29, 1.82) is 0 Å². The summed E-state index contributed by atoms with van der Waals surface area (Å²) in [6.07, 6.45) is 1.84. The predicted molar refractivity (Wildman–Crippen MR) is 63.6 cm³/mol. The summed E-state index contributed by atoms with van der Waals surface area (Å²) in [4.78, 5) is 7.31. The normalized spacial score (nSPS) is 10.1. The monoisotopic (exact) mass is 217 g/mol. The molecule has 0 radical (unpaired) electrons. The largest absolute Gasteiger partial charge is 0.497 e. The van der Waals surface area contributed by atoms with E-state index in [9.17, 15) is 0 Å². The highest BCUT2D eigenvalue weighted by molar-refractivity contribution is 5.46. The zero-order chi connectivity index (χ0) is 11.4. The molecule has 2 aromatic rings. The van der Waals surface area contributed by atoms with E-state index >= 15 is 0 Å². The minimum Gasteiger partial charge on any atom is -0.497 e. The molecular formula is C12H15N3O. The first-order valence-corrected chi connectivity index (χ1v) is 5.16. The topological polar surface area (TPSA) is 49.9 Å². The van der Waals surface area contributed by atoms with Crippen LogP contribution in [0.25, 0.3) is 0 Å². The molecule has 4 heteroatoms. The van der Waals surface area contributed by atoms with Crippen LogP contribution in [0.3, 0.4) is 0 Å². The van der Waals surface area contributed by atoms with Gasteiger partial charge in [-0.15, -0.1) is 0 Å². The second kappa shape index (κ2) is 4.70. The van der Waals surface area contributed by atoms with Gasteiger partial charge in [0.25, 0.3) is 0 Å². The van der Waals surface area contributed by atoms with E-state index in [4.69, 9.17) is 4.74 Å². The highest BCUT2D eigenvalue weighted by Crippen LogP contribution is 2.15. The summed E-state index contributed by atoms with van der Waals surface area (Å²) in [5.41, 5.74) is 2.14. The van der Waals surface area contributed by atoms with Gasteiger partial charge in [-0.25, -0.2) is 4.98 Å². The van der Waals surface area contributed by atoms with Gasteiger partial charge in [0, 0.05) is 5.69 Å². The molecule has 0 aliphatic carbocycles. The Kier molecular flexibility index (Phi) is 3.10. The summed E-state index contributed by atoms with van der Waals surface area (Å²) in [6.45, 7) is 2.68. The number of methoxy groups -OCH3 is 1. The average Bonchev–Trinajstić information content (AvgIpc) is 2.73. The summed E-state index contributed by atoms with van der Waals surface area (Å²) in [5.74, 6) is 1.80. The molecule has 1 heterocycles. The minimum atomic E-state index is 0.743. The van der Waals surface area contributed by atoms with Gasteiger partial charge in [-0.2, -0.15) is 0 Å². The van der Waals surface area contributed by atoms with Crippen LogP contribution in [0.5, 0.6) is 5.75 Å². The smallest absolute Gasteiger partial charge is 0.119 e.